The van der Waals surface area contributed by atoms with Crippen molar-refractivity contribution in [1.82, 2.24) is 10.2 Å². The average Bonchev–Trinajstić information content (AvgIpc) is 2.28. The summed E-state index contributed by atoms with van der Waals surface area (Å²) >= 11 is 0. The summed E-state index contributed by atoms with van der Waals surface area (Å²) in [4.78, 5) is 24.2. The molecule has 1 saturated heterocycles. The fourth-order valence-electron chi connectivity index (χ4n) is 2.05. The summed E-state index contributed by atoms with van der Waals surface area (Å²) in [6, 6.07) is 0. The van der Waals surface area contributed by atoms with Crippen LogP contribution in [0, 0.1) is 17.8 Å². The lowest BCUT2D eigenvalue weighted by molar-refractivity contribution is -0.149. The van der Waals surface area contributed by atoms with Crippen LogP contribution in [0.2, 0.25) is 0 Å². The summed E-state index contributed by atoms with van der Waals surface area (Å²) in [5.74, 6) is 1.15. The van der Waals surface area contributed by atoms with E-state index in [4.69, 9.17) is 11.5 Å². The number of amides is 1. The molecule has 5 heteroatoms. The molecule has 1 aliphatic heterocycles. The molecule has 94 valence electrons. The Morgan fingerprint density at radius 1 is 1.47 bits per heavy atom. The van der Waals surface area contributed by atoms with Crippen molar-refractivity contribution >= 4 is 11.9 Å². The van der Waals surface area contributed by atoms with Crippen LogP contribution in [0.5, 0.6) is 0 Å². The maximum Gasteiger partial charge on any atom is 0.323 e. The monoisotopic (exact) mass is 238 g/mol. The van der Waals surface area contributed by atoms with Crippen LogP contribution < -0.4 is 5.32 Å². The molecule has 0 bridgehead atoms. The Bertz CT molecular complexity index is 340. The molecule has 0 unspecified atom stereocenters. The third kappa shape index (κ3) is 3.46. The van der Waals surface area contributed by atoms with Gasteiger partial charge in [-0.25, -0.2) is 0 Å². The summed E-state index contributed by atoms with van der Waals surface area (Å²) in [7, 11) is 0. The Labute approximate surface area is 101 Å². The molecule has 1 heterocycles. The van der Waals surface area contributed by atoms with Gasteiger partial charge in [0.2, 0.25) is 5.91 Å². The standard InChI is InChI=1S/C12H18N2O3/c1-3-8-14(9-10(15)16)11(17)12(2)4-6-13-7-5-12/h1,13H,4-9H2,2H3,(H,15,16). The number of nitrogens with zero attached hydrogens (tertiary/aromatic N) is 1. The van der Waals surface area contributed by atoms with E-state index in [-0.39, 0.29) is 19.0 Å². The summed E-state index contributed by atoms with van der Waals surface area (Å²) in [6.07, 6.45) is 6.60. The van der Waals surface area contributed by atoms with E-state index >= 15 is 0 Å². The van der Waals surface area contributed by atoms with Crippen molar-refractivity contribution in [3.05, 3.63) is 0 Å². The van der Waals surface area contributed by atoms with Crippen LogP contribution in [0.3, 0.4) is 0 Å². The molecule has 0 saturated carbocycles. The molecular weight excluding hydrogens is 220 g/mol. The lowest BCUT2D eigenvalue weighted by atomic mass is 9.79. The second kappa shape index (κ2) is 5.69. The highest BCUT2D eigenvalue weighted by Gasteiger charge is 2.37. The second-order valence-electron chi connectivity index (χ2n) is 4.57. The molecule has 0 spiro atoms. The maximum atomic E-state index is 12.3. The zero-order valence-corrected chi connectivity index (χ0v) is 10.0. The average molecular weight is 238 g/mol. The van der Waals surface area contributed by atoms with E-state index in [1.165, 1.54) is 4.90 Å². The number of carboxylic acids is 1. The van der Waals surface area contributed by atoms with Crippen molar-refractivity contribution < 1.29 is 14.7 Å². The highest BCUT2D eigenvalue weighted by Crippen LogP contribution is 2.30. The van der Waals surface area contributed by atoms with Gasteiger partial charge in [-0.2, -0.15) is 0 Å². The van der Waals surface area contributed by atoms with Gasteiger partial charge in [-0.15, -0.1) is 6.42 Å². The van der Waals surface area contributed by atoms with Crippen LogP contribution >= 0.6 is 0 Å². The van der Waals surface area contributed by atoms with Crippen LogP contribution in [-0.2, 0) is 9.59 Å². The molecule has 1 amide bonds. The normalized spacial score (nSPS) is 18.1. The molecule has 1 rings (SSSR count). The zero-order chi connectivity index (χ0) is 12.9. The molecular formula is C12H18N2O3. The molecule has 17 heavy (non-hydrogen) atoms. The van der Waals surface area contributed by atoms with Gasteiger partial charge in [0.1, 0.15) is 6.54 Å². The molecule has 0 aromatic carbocycles. The first kappa shape index (κ1) is 13.5. The summed E-state index contributed by atoms with van der Waals surface area (Å²) in [5.41, 5.74) is -0.489. The van der Waals surface area contributed by atoms with E-state index in [2.05, 4.69) is 11.2 Å². The van der Waals surface area contributed by atoms with Crippen LogP contribution in [-0.4, -0.2) is 48.1 Å². The van der Waals surface area contributed by atoms with Gasteiger partial charge in [0.25, 0.3) is 0 Å². The first-order valence-electron chi connectivity index (χ1n) is 5.65. The number of hydrogen-bond donors (Lipinski definition) is 2. The number of carbonyl (C=O) groups excluding carboxylic acids is 1. The van der Waals surface area contributed by atoms with E-state index in [0.717, 1.165) is 13.1 Å². The van der Waals surface area contributed by atoms with Crippen molar-refractivity contribution in [3.8, 4) is 12.3 Å². The summed E-state index contributed by atoms with van der Waals surface area (Å²) in [5, 5.41) is 11.9. The number of carboxylic acid groups (broad SMARTS) is 1. The fourth-order valence-corrected chi connectivity index (χ4v) is 2.05. The quantitative estimate of drug-likeness (QED) is 0.672. The number of piperidine rings is 1. The van der Waals surface area contributed by atoms with E-state index in [1.807, 2.05) is 6.92 Å². The number of carbonyl (C=O) groups is 2. The molecule has 1 aliphatic rings. The predicted molar refractivity (Wildman–Crippen MR) is 63.3 cm³/mol. The van der Waals surface area contributed by atoms with Crippen LogP contribution in [0.25, 0.3) is 0 Å². The molecule has 5 nitrogen and oxygen atoms in total. The summed E-state index contributed by atoms with van der Waals surface area (Å²) < 4.78 is 0. The molecule has 1 fully saturated rings. The van der Waals surface area contributed by atoms with E-state index in [0.29, 0.717) is 12.8 Å². The van der Waals surface area contributed by atoms with Gasteiger partial charge in [-0.1, -0.05) is 12.8 Å². The van der Waals surface area contributed by atoms with Gasteiger partial charge < -0.3 is 15.3 Å². The van der Waals surface area contributed by atoms with Gasteiger partial charge in [-0.3, -0.25) is 9.59 Å². The van der Waals surface area contributed by atoms with Gasteiger partial charge in [0.15, 0.2) is 0 Å². The van der Waals surface area contributed by atoms with Crippen molar-refractivity contribution in [2.24, 2.45) is 5.41 Å². The lowest BCUT2D eigenvalue weighted by Crippen LogP contribution is -2.49. The third-order valence-corrected chi connectivity index (χ3v) is 3.12. The number of aliphatic carboxylic acids is 1. The van der Waals surface area contributed by atoms with Crippen LogP contribution in [0.1, 0.15) is 19.8 Å². The van der Waals surface area contributed by atoms with Crippen molar-refractivity contribution in [1.29, 1.82) is 0 Å². The third-order valence-electron chi connectivity index (χ3n) is 3.12. The Balaban J connectivity index is 2.75. The minimum absolute atomic E-state index is 0.0498. The molecule has 0 atom stereocenters. The largest absolute Gasteiger partial charge is 0.480 e. The lowest BCUT2D eigenvalue weighted by Gasteiger charge is -2.36. The van der Waals surface area contributed by atoms with Gasteiger partial charge >= 0.3 is 5.97 Å². The van der Waals surface area contributed by atoms with E-state index in [1.54, 1.807) is 0 Å². The smallest absolute Gasteiger partial charge is 0.323 e. The second-order valence-corrected chi connectivity index (χ2v) is 4.57. The van der Waals surface area contributed by atoms with Gasteiger partial charge in [0.05, 0.1) is 6.54 Å². The first-order chi connectivity index (χ1) is 7.99. The topological polar surface area (TPSA) is 69.6 Å². The van der Waals surface area contributed by atoms with Crippen molar-refractivity contribution in [2.75, 3.05) is 26.2 Å². The van der Waals surface area contributed by atoms with E-state index in [9.17, 15) is 9.59 Å². The SMILES string of the molecule is C#CCN(CC(=O)O)C(=O)C1(C)CCNCC1. The van der Waals surface area contributed by atoms with Crippen LogP contribution in [0.15, 0.2) is 0 Å². The molecule has 0 aromatic heterocycles. The van der Waals surface area contributed by atoms with Gasteiger partial charge in [-0.05, 0) is 25.9 Å². The minimum Gasteiger partial charge on any atom is -0.480 e. The highest BCUT2D eigenvalue weighted by molar-refractivity contribution is 5.86. The first-order valence-corrected chi connectivity index (χ1v) is 5.65. The minimum atomic E-state index is -1.04. The molecule has 0 aliphatic carbocycles. The molecule has 0 aromatic rings. The Morgan fingerprint density at radius 2 is 2.06 bits per heavy atom. The van der Waals surface area contributed by atoms with Gasteiger partial charge in [0, 0.05) is 5.41 Å². The fraction of sp³-hybridized carbons (Fsp3) is 0.667. The Morgan fingerprint density at radius 3 is 2.53 bits per heavy atom. The Hall–Kier alpha value is -1.54. The predicted octanol–water partition coefficient (Wildman–Crippen LogP) is -0.0775. The zero-order valence-electron chi connectivity index (χ0n) is 10.0. The Kier molecular flexibility index (Phi) is 4.53. The molecule has 0 radical (unpaired) electrons. The van der Waals surface area contributed by atoms with Crippen molar-refractivity contribution in [2.45, 2.75) is 19.8 Å². The number of rotatable bonds is 4. The number of nitrogens with one attached hydrogen (secondary N) is 1. The highest BCUT2D eigenvalue weighted by atomic mass is 16.4. The van der Waals surface area contributed by atoms with Crippen LogP contribution in [0.4, 0.5) is 0 Å². The molecule has 2 N–H and O–H groups in total. The number of hydrogen-bond acceptors (Lipinski definition) is 3. The maximum absolute atomic E-state index is 12.3. The number of terminal acetylenes is 1. The van der Waals surface area contributed by atoms with E-state index < -0.39 is 11.4 Å². The van der Waals surface area contributed by atoms with Crippen molar-refractivity contribution in [3.63, 3.8) is 0 Å². The summed E-state index contributed by atoms with van der Waals surface area (Å²) in [6.45, 7) is 3.15.